The number of aromatic nitrogens is 1. The fraction of sp³-hybridized carbons (Fsp3) is 0.610. The quantitative estimate of drug-likeness (QED) is 0.0913. The summed E-state index contributed by atoms with van der Waals surface area (Å²) < 4.78 is 6.26. The average molecular weight is 616 g/mol. The maximum absolute atomic E-state index is 11.8. The molecule has 2 aromatic carbocycles. The standard InChI is InChI=1S/C41H61NO3/c1-3-5-7-9-11-13-15-17-19-21-23-34-25-27-36(28-26-34)33-45-40-32-39(41(43)44)42-38-30-29-35(31-37(38)40)24-22-20-18-16-14-12-10-8-6-4-2/h25-32H,3-24,33H2,1-2H3,(H,43,44). The molecule has 0 atom stereocenters. The number of aryl methyl sites for hydroxylation is 2. The van der Waals surface area contributed by atoms with Gasteiger partial charge >= 0.3 is 5.97 Å². The first-order valence-corrected chi connectivity index (χ1v) is 18.5. The van der Waals surface area contributed by atoms with Crippen LogP contribution in [0.15, 0.2) is 48.5 Å². The molecule has 1 heterocycles. The number of aromatic carboxylic acids is 1. The van der Waals surface area contributed by atoms with Crippen LogP contribution < -0.4 is 4.74 Å². The van der Waals surface area contributed by atoms with Crippen LogP contribution in [0.2, 0.25) is 0 Å². The Kier molecular flexibility index (Phi) is 18.4. The van der Waals surface area contributed by atoms with Crippen LogP contribution in [0.5, 0.6) is 5.75 Å². The highest BCUT2D eigenvalue weighted by Gasteiger charge is 2.13. The van der Waals surface area contributed by atoms with Gasteiger partial charge in [0.15, 0.2) is 5.69 Å². The van der Waals surface area contributed by atoms with Crippen molar-refractivity contribution in [1.82, 2.24) is 4.98 Å². The molecule has 0 radical (unpaired) electrons. The van der Waals surface area contributed by atoms with Gasteiger partial charge in [0.05, 0.1) is 5.52 Å². The second kappa shape index (κ2) is 22.6. The molecule has 1 N–H and O–H groups in total. The number of ether oxygens (including phenoxy) is 1. The van der Waals surface area contributed by atoms with Crippen LogP contribution in [0.4, 0.5) is 0 Å². The molecular weight excluding hydrogens is 554 g/mol. The molecule has 3 rings (SSSR count). The van der Waals surface area contributed by atoms with E-state index in [4.69, 9.17) is 4.74 Å². The first-order chi connectivity index (χ1) is 22.1. The first-order valence-electron chi connectivity index (χ1n) is 18.5. The van der Waals surface area contributed by atoms with Crippen molar-refractivity contribution in [1.29, 1.82) is 0 Å². The van der Waals surface area contributed by atoms with Gasteiger partial charge in [0.1, 0.15) is 12.4 Å². The summed E-state index contributed by atoms with van der Waals surface area (Å²) >= 11 is 0. The maximum Gasteiger partial charge on any atom is 0.354 e. The lowest BCUT2D eigenvalue weighted by atomic mass is 10.0. The van der Waals surface area contributed by atoms with Crippen molar-refractivity contribution in [3.8, 4) is 5.75 Å². The van der Waals surface area contributed by atoms with Crippen molar-refractivity contribution in [2.75, 3.05) is 0 Å². The van der Waals surface area contributed by atoms with Crippen LogP contribution in [0, 0.1) is 0 Å². The van der Waals surface area contributed by atoms with E-state index in [-0.39, 0.29) is 5.69 Å². The van der Waals surface area contributed by atoms with Crippen molar-refractivity contribution in [3.05, 3.63) is 70.9 Å². The Morgan fingerprint density at radius 2 is 1.02 bits per heavy atom. The molecule has 0 unspecified atom stereocenters. The minimum absolute atomic E-state index is 0.0202. The molecular formula is C41H61NO3. The molecule has 0 saturated heterocycles. The van der Waals surface area contributed by atoms with E-state index in [2.05, 4.69) is 55.2 Å². The molecule has 1 aromatic heterocycles. The zero-order chi connectivity index (χ0) is 32.0. The highest BCUT2D eigenvalue weighted by Crippen LogP contribution is 2.28. The van der Waals surface area contributed by atoms with Gasteiger partial charge in [0.2, 0.25) is 0 Å². The number of carboxylic acid groups (broad SMARTS) is 1. The van der Waals surface area contributed by atoms with Crippen molar-refractivity contribution in [2.45, 2.75) is 162 Å². The van der Waals surface area contributed by atoms with Gasteiger partial charge in [-0.25, -0.2) is 9.78 Å². The van der Waals surface area contributed by atoms with E-state index in [1.165, 1.54) is 140 Å². The minimum atomic E-state index is -1.03. The van der Waals surface area contributed by atoms with Gasteiger partial charge in [-0.15, -0.1) is 0 Å². The third kappa shape index (κ3) is 14.8. The summed E-state index contributed by atoms with van der Waals surface area (Å²) in [6.07, 6.45) is 29.0. The van der Waals surface area contributed by atoms with Gasteiger partial charge in [0.25, 0.3) is 0 Å². The zero-order valence-corrected chi connectivity index (χ0v) is 28.6. The number of carboxylic acids is 1. The lowest BCUT2D eigenvalue weighted by Gasteiger charge is -2.12. The Hall–Kier alpha value is -2.88. The summed E-state index contributed by atoms with van der Waals surface area (Å²) in [5, 5.41) is 10.5. The van der Waals surface area contributed by atoms with Crippen LogP contribution in [-0.4, -0.2) is 16.1 Å². The van der Waals surface area contributed by atoms with Crippen LogP contribution in [0.3, 0.4) is 0 Å². The third-order valence-electron chi connectivity index (χ3n) is 9.11. The summed E-state index contributed by atoms with van der Waals surface area (Å²) in [6.45, 7) is 4.95. The maximum atomic E-state index is 11.8. The normalized spacial score (nSPS) is 11.3. The number of carbonyl (C=O) groups is 1. The second-order valence-electron chi connectivity index (χ2n) is 13.1. The third-order valence-corrected chi connectivity index (χ3v) is 9.11. The van der Waals surface area contributed by atoms with Crippen molar-refractivity contribution < 1.29 is 14.6 Å². The lowest BCUT2D eigenvalue weighted by molar-refractivity contribution is 0.0690. The molecule has 0 spiro atoms. The molecule has 248 valence electrons. The monoisotopic (exact) mass is 615 g/mol. The molecule has 4 heteroatoms. The number of hydrogen-bond donors (Lipinski definition) is 1. The van der Waals surface area contributed by atoms with E-state index in [0.29, 0.717) is 17.9 Å². The average Bonchev–Trinajstić information content (AvgIpc) is 3.05. The van der Waals surface area contributed by atoms with Gasteiger partial charge in [-0.1, -0.05) is 160 Å². The predicted octanol–water partition coefficient (Wildman–Crippen LogP) is 12.4. The smallest absolute Gasteiger partial charge is 0.354 e. The first kappa shape index (κ1) is 36.6. The summed E-state index contributed by atoms with van der Waals surface area (Å²) in [5.74, 6) is -0.440. The van der Waals surface area contributed by atoms with Crippen molar-refractivity contribution >= 4 is 16.9 Å². The summed E-state index contributed by atoms with van der Waals surface area (Å²) in [4.78, 5) is 16.2. The summed E-state index contributed by atoms with van der Waals surface area (Å²) in [7, 11) is 0. The topological polar surface area (TPSA) is 59.4 Å². The largest absolute Gasteiger partial charge is 0.488 e. The molecule has 0 aliphatic carbocycles. The Balaban J connectivity index is 1.44. The number of benzene rings is 2. The van der Waals surface area contributed by atoms with Gasteiger partial charge in [0, 0.05) is 11.5 Å². The highest BCUT2D eigenvalue weighted by molar-refractivity contribution is 5.93. The number of fused-ring (bicyclic) bond motifs is 1. The Morgan fingerprint density at radius 1 is 0.578 bits per heavy atom. The Morgan fingerprint density at radius 3 is 1.53 bits per heavy atom. The highest BCUT2D eigenvalue weighted by atomic mass is 16.5. The number of rotatable bonds is 26. The van der Waals surface area contributed by atoms with Crippen LogP contribution in [0.1, 0.15) is 169 Å². The van der Waals surface area contributed by atoms with E-state index >= 15 is 0 Å². The molecule has 0 fully saturated rings. The van der Waals surface area contributed by atoms with Gasteiger partial charge in [-0.3, -0.25) is 0 Å². The Bertz CT molecular complexity index is 1220. The van der Waals surface area contributed by atoms with Gasteiger partial charge in [-0.2, -0.15) is 0 Å². The fourth-order valence-corrected chi connectivity index (χ4v) is 6.22. The summed E-state index contributed by atoms with van der Waals surface area (Å²) in [5.41, 5.74) is 4.41. The SMILES string of the molecule is CCCCCCCCCCCCc1ccc(COc2cc(C(=O)O)nc3ccc(CCCCCCCCCCCC)cc23)cc1. The molecule has 0 aliphatic rings. The number of pyridine rings is 1. The molecule has 0 aliphatic heterocycles. The van der Waals surface area contributed by atoms with Crippen LogP contribution in [0.25, 0.3) is 10.9 Å². The number of nitrogens with zero attached hydrogens (tertiary/aromatic N) is 1. The molecule has 4 nitrogen and oxygen atoms in total. The van der Waals surface area contributed by atoms with E-state index in [9.17, 15) is 9.90 Å². The van der Waals surface area contributed by atoms with Gasteiger partial charge in [-0.05, 0) is 54.5 Å². The summed E-state index contributed by atoms with van der Waals surface area (Å²) in [6, 6.07) is 16.5. The van der Waals surface area contributed by atoms with Crippen molar-refractivity contribution in [3.63, 3.8) is 0 Å². The number of hydrogen-bond acceptors (Lipinski definition) is 3. The second-order valence-corrected chi connectivity index (χ2v) is 13.1. The molecule has 0 amide bonds. The molecule has 0 saturated carbocycles. The Labute approximate surface area is 274 Å². The van der Waals surface area contributed by atoms with Crippen molar-refractivity contribution in [2.24, 2.45) is 0 Å². The van der Waals surface area contributed by atoms with E-state index in [0.717, 1.165) is 23.8 Å². The van der Waals surface area contributed by atoms with E-state index < -0.39 is 5.97 Å². The fourth-order valence-electron chi connectivity index (χ4n) is 6.22. The zero-order valence-electron chi connectivity index (χ0n) is 28.6. The van der Waals surface area contributed by atoms with Crippen LogP contribution >= 0.6 is 0 Å². The number of unbranched alkanes of at least 4 members (excludes halogenated alkanes) is 18. The van der Waals surface area contributed by atoms with Gasteiger partial charge < -0.3 is 9.84 Å². The minimum Gasteiger partial charge on any atom is -0.488 e. The molecule has 3 aromatic rings. The van der Waals surface area contributed by atoms with Crippen LogP contribution in [-0.2, 0) is 19.4 Å². The molecule has 0 bridgehead atoms. The molecule has 45 heavy (non-hydrogen) atoms. The lowest BCUT2D eigenvalue weighted by Crippen LogP contribution is -2.04. The predicted molar refractivity (Wildman–Crippen MR) is 191 cm³/mol. The van der Waals surface area contributed by atoms with E-state index in [1.54, 1.807) is 6.07 Å². The van der Waals surface area contributed by atoms with E-state index in [1.807, 2.05) is 6.07 Å².